The molecule has 0 fully saturated rings. The van der Waals surface area contributed by atoms with Crippen LogP contribution in [0, 0.1) is 0 Å². The molecule has 0 aliphatic carbocycles. The Hall–Kier alpha value is -2.44. The monoisotopic (exact) mass is 388 g/mol. The summed E-state index contributed by atoms with van der Waals surface area (Å²) in [6.07, 6.45) is 1.76. The SMILES string of the molecule is C=CCSc1nc2ccccc2c(=O)n1-c1ccc(OC)c(Cl)c1OC. The van der Waals surface area contributed by atoms with Crippen molar-refractivity contribution in [2.75, 3.05) is 20.0 Å². The summed E-state index contributed by atoms with van der Waals surface area (Å²) in [5.41, 5.74) is 0.952. The van der Waals surface area contributed by atoms with Gasteiger partial charge in [-0.1, -0.05) is 41.6 Å². The zero-order valence-electron chi connectivity index (χ0n) is 14.4. The van der Waals surface area contributed by atoms with E-state index in [4.69, 9.17) is 21.1 Å². The predicted molar refractivity (Wildman–Crippen MR) is 106 cm³/mol. The molecule has 1 heterocycles. The van der Waals surface area contributed by atoms with Crippen molar-refractivity contribution >= 4 is 34.3 Å². The van der Waals surface area contributed by atoms with Gasteiger partial charge in [-0.3, -0.25) is 9.36 Å². The zero-order chi connectivity index (χ0) is 18.7. The summed E-state index contributed by atoms with van der Waals surface area (Å²) in [7, 11) is 3.02. The van der Waals surface area contributed by atoms with Crippen LogP contribution in [0.5, 0.6) is 11.5 Å². The van der Waals surface area contributed by atoms with Gasteiger partial charge >= 0.3 is 0 Å². The molecule has 0 spiro atoms. The van der Waals surface area contributed by atoms with Gasteiger partial charge < -0.3 is 9.47 Å². The summed E-state index contributed by atoms with van der Waals surface area (Å²) in [6, 6.07) is 10.7. The maximum absolute atomic E-state index is 13.2. The summed E-state index contributed by atoms with van der Waals surface area (Å²) in [6.45, 7) is 3.74. The van der Waals surface area contributed by atoms with Crippen molar-refractivity contribution in [2.24, 2.45) is 0 Å². The lowest BCUT2D eigenvalue weighted by atomic mass is 10.2. The van der Waals surface area contributed by atoms with Crippen molar-refractivity contribution in [3.8, 4) is 17.2 Å². The number of rotatable bonds is 6. The van der Waals surface area contributed by atoms with Crippen LogP contribution >= 0.6 is 23.4 Å². The fraction of sp³-hybridized carbons (Fsp3) is 0.158. The Morgan fingerprint density at radius 2 is 2.00 bits per heavy atom. The number of hydrogen-bond acceptors (Lipinski definition) is 5. The number of methoxy groups -OCH3 is 2. The molecule has 0 saturated heterocycles. The second-order valence-electron chi connectivity index (χ2n) is 5.29. The standard InChI is InChI=1S/C19H17ClN2O3S/c1-4-11-26-19-21-13-8-6-5-7-12(13)18(23)22(19)14-9-10-15(24-2)16(20)17(14)25-3/h4-10H,1,11H2,2-3H3. The first kappa shape index (κ1) is 18.4. The van der Waals surface area contributed by atoms with E-state index in [2.05, 4.69) is 11.6 Å². The van der Waals surface area contributed by atoms with Crippen molar-refractivity contribution in [3.05, 3.63) is 64.4 Å². The van der Waals surface area contributed by atoms with Crippen LogP contribution in [0.1, 0.15) is 0 Å². The number of halogens is 1. The second-order valence-corrected chi connectivity index (χ2v) is 6.65. The molecule has 0 aliphatic heterocycles. The molecule has 3 aromatic rings. The fourth-order valence-corrected chi connectivity index (χ4v) is 3.67. The Morgan fingerprint density at radius 3 is 2.69 bits per heavy atom. The third kappa shape index (κ3) is 3.18. The topological polar surface area (TPSA) is 53.4 Å². The number of hydrogen-bond donors (Lipinski definition) is 0. The van der Waals surface area contributed by atoms with Gasteiger partial charge in [-0.2, -0.15) is 0 Å². The van der Waals surface area contributed by atoms with E-state index in [0.29, 0.717) is 44.0 Å². The number of nitrogens with zero attached hydrogens (tertiary/aromatic N) is 2. The predicted octanol–water partition coefficient (Wildman–Crippen LogP) is 4.33. The Bertz CT molecular complexity index is 1030. The Kier molecular flexibility index (Phi) is 5.54. The number of thioether (sulfide) groups is 1. The molecule has 0 aliphatic rings. The third-order valence-electron chi connectivity index (χ3n) is 3.78. The van der Waals surface area contributed by atoms with Crippen LogP contribution in [0.3, 0.4) is 0 Å². The minimum Gasteiger partial charge on any atom is -0.495 e. The van der Waals surface area contributed by atoms with Crippen LogP contribution in [0.2, 0.25) is 5.02 Å². The molecule has 2 aromatic carbocycles. The average molecular weight is 389 g/mol. The highest BCUT2D eigenvalue weighted by Gasteiger charge is 2.20. The summed E-state index contributed by atoms with van der Waals surface area (Å²) in [4.78, 5) is 17.8. The van der Waals surface area contributed by atoms with Crippen molar-refractivity contribution < 1.29 is 9.47 Å². The first-order chi connectivity index (χ1) is 12.6. The van der Waals surface area contributed by atoms with Crippen LogP contribution in [-0.4, -0.2) is 29.5 Å². The van der Waals surface area contributed by atoms with Crippen molar-refractivity contribution in [2.45, 2.75) is 5.16 Å². The minimum absolute atomic E-state index is 0.193. The molecule has 0 saturated carbocycles. The van der Waals surface area contributed by atoms with Gasteiger partial charge in [0.15, 0.2) is 10.9 Å². The van der Waals surface area contributed by atoms with E-state index in [-0.39, 0.29) is 5.56 Å². The van der Waals surface area contributed by atoms with E-state index < -0.39 is 0 Å². The number of para-hydroxylation sites is 1. The van der Waals surface area contributed by atoms with Crippen LogP contribution in [0.4, 0.5) is 0 Å². The minimum atomic E-state index is -0.193. The van der Waals surface area contributed by atoms with E-state index >= 15 is 0 Å². The van der Waals surface area contributed by atoms with E-state index in [9.17, 15) is 4.79 Å². The van der Waals surface area contributed by atoms with E-state index in [1.807, 2.05) is 18.2 Å². The Morgan fingerprint density at radius 1 is 1.23 bits per heavy atom. The Balaban J connectivity index is 2.36. The smallest absolute Gasteiger partial charge is 0.266 e. The summed E-state index contributed by atoms with van der Waals surface area (Å²) in [5, 5.41) is 1.35. The molecule has 0 atom stereocenters. The second kappa shape index (κ2) is 7.85. The van der Waals surface area contributed by atoms with Gasteiger partial charge in [-0.05, 0) is 24.3 Å². The van der Waals surface area contributed by atoms with Gasteiger partial charge in [0, 0.05) is 5.75 Å². The molecular weight excluding hydrogens is 372 g/mol. The highest BCUT2D eigenvalue weighted by molar-refractivity contribution is 7.99. The maximum atomic E-state index is 13.2. The number of ether oxygens (including phenoxy) is 2. The molecule has 0 bridgehead atoms. The highest BCUT2D eigenvalue weighted by Crippen LogP contribution is 2.39. The molecule has 0 radical (unpaired) electrons. The molecule has 0 amide bonds. The molecule has 0 N–H and O–H groups in total. The molecule has 0 unspecified atom stereocenters. The molecule has 5 nitrogen and oxygen atoms in total. The lowest BCUT2D eigenvalue weighted by Crippen LogP contribution is -2.22. The summed E-state index contributed by atoms with van der Waals surface area (Å²) >= 11 is 7.79. The van der Waals surface area contributed by atoms with Crippen LogP contribution in [0.15, 0.2) is 59.0 Å². The van der Waals surface area contributed by atoms with Gasteiger partial charge in [0.05, 0.1) is 30.8 Å². The van der Waals surface area contributed by atoms with E-state index in [0.717, 1.165) is 0 Å². The van der Waals surface area contributed by atoms with Gasteiger partial charge in [-0.25, -0.2) is 4.98 Å². The van der Waals surface area contributed by atoms with Crippen molar-refractivity contribution in [1.82, 2.24) is 9.55 Å². The van der Waals surface area contributed by atoms with Crippen LogP contribution < -0.4 is 15.0 Å². The average Bonchev–Trinajstić information content (AvgIpc) is 2.66. The number of fused-ring (bicyclic) bond motifs is 1. The molecule has 3 rings (SSSR count). The maximum Gasteiger partial charge on any atom is 0.266 e. The normalized spacial score (nSPS) is 10.7. The molecular formula is C19H17ClN2O3S. The molecule has 26 heavy (non-hydrogen) atoms. The van der Waals surface area contributed by atoms with E-state index in [1.54, 1.807) is 24.3 Å². The fourth-order valence-electron chi connectivity index (χ4n) is 2.61. The first-order valence-corrected chi connectivity index (χ1v) is 9.15. The summed E-state index contributed by atoms with van der Waals surface area (Å²) in [5.74, 6) is 1.43. The number of benzene rings is 2. The van der Waals surface area contributed by atoms with Crippen LogP contribution in [-0.2, 0) is 0 Å². The number of aromatic nitrogens is 2. The molecule has 1 aromatic heterocycles. The van der Waals surface area contributed by atoms with Gasteiger partial charge in [0.1, 0.15) is 10.8 Å². The molecule has 7 heteroatoms. The zero-order valence-corrected chi connectivity index (χ0v) is 15.9. The summed E-state index contributed by atoms with van der Waals surface area (Å²) < 4.78 is 12.2. The van der Waals surface area contributed by atoms with Crippen molar-refractivity contribution in [3.63, 3.8) is 0 Å². The lowest BCUT2D eigenvalue weighted by Gasteiger charge is -2.17. The molecule has 134 valence electrons. The van der Waals surface area contributed by atoms with Gasteiger partial charge in [0.2, 0.25) is 0 Å². The highest BCUT2D eigenvalue weighted by atomic mass is 35.5. The van der Waals surface area contributed by atoms with Crippen LogP contribution in [0.25, 0.3) is 16.6 Å². The van der Waals surface area contributed by atoms with Gasteiger partial charge in [0.25, 0.3) is 5.56 Å². The van der Waals surface area contributed by atoms with Gasteiger partial charge in [-0.15, -0.1) is 6.58 Å². The van der Waals surface area contributed by atoms with Crippen molar-refractivity contribution in [1.29, 1.82) is 0 Å². The van der Waals surface area contributed by atoms with E-state index in [1.165, 1.54) is 30.5 Å². The lowest BCUT2D eigenvalue weighted by molar-refractivity contribution is 0.393. The Labute approximate surface area is 160 Å². The first-order valence-electron chi connectivity index (χ1n) is 7.78. The quantitative estimate of drug-likeness (QED) is 0.357. The third-order valence-corrected chi connectivity index (χ3v) is 5.07. The largest absolute Gasteiger partial charge is 0.495 e.